The number of ether oxygens (including phenoxy) is 2. The van der Waals surface area contributed by atoms with E-state index in [1.165, 1.54) is 23.1 Å². The monoisotopic (exact) mass is 580 g/mol. The predicted octanol–water partition coefficient (Wildman–Crippen LogP) is 6.35. The molecule has 0 aliphatic carbocycles. The topological polar surface area (TPSA) is 112 Å². The summed E-state index contributed by atoms with van der Waals surface area (Å²) in [6, 6.07) is 18.7. The van der Waals surface area contributed by atoms with E-state index in [9.17, 15) is 15.6 Å². The van der Waals surface area contributed by atoms with Crippen LogP contribution in [0.4, 0.5) is 0 Å². The number of hydrogen-bond acceptors (Lipinski definition) is 9. The lowest BCUT2D eigenvalue weighted by Gasteiger charge is -2.16. The van der Waals surface area contributed by atoms with Gasteiger partial charge in [0, 0.05) is 27.3 Å². The van der Waals surface area contributed by atoms with Crippen molar-refractivity contribution in [2.75, 3.05) is 13.2 Å². The Kier molecular flexibility index (Phi) is 8.15. The molecule has 1 aliphatic rings. The molecule has 2 aromatic carbocycles. The molecule has 11 heteroatoms. The first-order chi connectivity index (χ1) is 18.5. The number of hydrogen-bond donors (Lipinski definition) is 1. The van der Waals surface area contributed by atoms with Crippen molar-refractivity contribution in [1.82, 2.24) is 9.97 Å². The molecule has 38 heavy (non-hydrogen) atoms. The van der Waals surface area contributed by atoms with Gasteiger partial charge < -0.3 is 14.6 Å². The van der Waals surface area contributed by atoms with Crippen molar-refractivity contribution in [3.05, 3.63) is 80.9 Å². The molecule has 7 nitrogen and oxygen atoms in total. The highest BCUT2D eigenvalue weighted by Gasteiger charge is 2.28. The highest BCUT2D eigenvalue weighted by Crippen LogP contribution is 2.38. The minimum atomic E-state index is -0.691. The molecule has 0 spiro atoms. The van der Waals surface area contributed by atoms with E-state index in [1.807, 2.05) is 29.6 Å². The second-order valence-electron chi connectivity index (χ2n) is 8.28. The third kappa shape index (κ3) is 5.64. The standard InChI is InChI=1S/C27H18Cl2N4O3S2/c28-17-5-1-16(2-6-17)26-32-18(13-37-26)14-38-27-21(10-31)24(20(9-30)25(29)33-27)15-3-7-19(8-4-15)36-23-12-35-11-22(23)34/h1-8,13,22-23,34H,11-12,14H2/t22-,23-/m0/s1. The highest BCUT2D eigenvalue weighted by molar-refractivity contribution is 7.98. The van der Waals surface area contributed by atoms with Gasteiger partial charge in [-0.1, -0.05) is 59.2 Å². The summed E-state index contributed by atoms with van der Waals surface area (Å²) in [5.74, 6) is 1.00. The second kappa shape index (κ2) is 11.7. The third-order valence-electron chi connectivity index (χ3n) is 5.77. The highest BCUT2D eigenvalue weighted by atomic mass is 35.5. The number of nitrogens with zero attached hydrogens (tertiary/aromatic N) is 4. The van der Waals surface area contributed by atoms with Crippen LogP contribution in [0, 0.1) is 22.7 Å². The van der Waals surface area contributed by atoms with Gasteiger partial charge in [0.15, 0.2) is 0 Å². The van der Waals surface area contributed by atoms with Crippen LogP contribution < -0.4 is 4.74 Å². The molecule has 4 aromatic rings. The molecule has 2 atom stereocenters. The fourth-order valence-corrected chi connectivity index (χ4v) is 6.10. The summed E-state index contributed by atoms with van der Waals surface area (Å²) < 4.78 is 11.0. The van der Waals surface area contributed by atoms with E-state index >= 15 is 0 Å². The van der Waals surface area contributed by atoms with E-state index in [-0.39, 0.29) is 22.9 Å². The van der Waals surface area contributed by atoms with Crippen molar-refractivity contribution in [3.63, 3.8) is 0 Å². The van der Waals surface area contributed by atoms with Gasteiger partial charge in [0.05, 0.1) is 30.0 Å². The summed E-state index contributed by atoms with van der Waals surface area (Å²) in [5.41, 5.74) is 3.22. The Bertz CT molecular complexity index is 1550. The van der Waals surface area contributed by atoms with Crippen molar-refractivity contribution in [2.24, 2.45) is 0 Å². The SMILES string of the molecule is N#Cc1c(Cl)nc(SCc2csc(-c3ccc(Cl)cc3)n2)c(C#N)c1-c1ccc(O[C@H]2COC[C@@H]2O)cc1. The molecular weight excluding hydrogens is 563 g/mol. The Balaban J connectivity index is 1.40. The molecule has 3 heterocycles. The molecule has 0 saturated carbocycles. The van der Waals surface area contributed by atoms with E-state index in [0.717, 1.165) is 16.3 Å². The van der Waals surface area contributed by atoms with Gasteiger partial charge in [-0.15, -0.1) is 11.3 Å². The van der Waals surface area contributed by atoms with Crippen LogP contribution in [0.25, 0.3) is 21.7 Å². The smallest absolute Gasteiger partial charge is 0.150 e. The number of benzene rings is 2. The summed E-state index contributed by atoms with van der Waals surface area (Å²) in [7, 11) is 0. The largest absolute Gasteiger partial charge is 0.485 e. The minimum Gasteiger partial charge on any atom is -0.485 e. The molecule has 0 radical (unpaired) electrons. The number of aromatic nitrogens is 2. The maximum atomic E-state index is 10.1. The Hall–Kier alpha value is -3.15. The molecule has 0 amide bonds. The maximum Gasteiger partial charge on any atom is 0.150 e. The van der Waals surface area contributed by atoms with Crippen molar-refractivity contribution in [1.29, 1.82) is 10.5 Å². The van der Waals surface area contributed by atoms with Gasteiger partial charge in [-0.3, -0.25) is 0 Å². The Morgan fingerprint density at radius 3 is 2.37 bits per heavy atom. The second-order valence-corrected chi connectivity index (χ2v) is 10.9. The van der Waals surface area contributed by atoms with Gasteiger partial charge >= 0.3 is 0 Å². The quantitative estimate of drug-likeness (QED) is 0.198. The fourth-order valence-electron chi connectivity index (χ4n) is 3.89. The van der Waals surface area contributed by atoms with E-state index in [0.29, 0.717) is 39.3 Å². The van der Waals surface area contributed by atoms with Gasteiger partial charge in [-0.05, 0) is 29.8 Å². The van der Waals surface area contributed by atoms with Gasteiger partial charge in [0.25, 0.3) is 0 Å². The number of halogens is 2. The van der Waals surface area contributed by atoms with Crippen LogP contribution in [-0.2, 0) is 10.5 Å². The fraction of sp³-hybridized carbons (Fsp3) is 0.185. The molecule has 190 valence electrons. The summed E-state index contributed by atoms with van der Waals surface area (Å²) >= 11 is 15.2. The number of nitriles is 2. The van der Waals surface area contributed by atoms with Crippen LogP contribution >= 0.6 is 46.3 Å². The Morgan fingerprint density at radius 1 is 1.00 bits per heavy atom. The van der Waals surface area contributed by atoms with Crippen molar-refractivity contribution in [2.45, 2.75) is 23.0 Å². The molecule has 1 fully saturated rings. The van der Waals surface area contributed by atoms with Crippen LogP contribution in [0.15, 0.2) is 58.9 Å². The van der Waals surface area contributed by atoms with Crippen molar-refractivity contribution >= 4 is 46.3 Å². The van der Waals surface area contributed by atoms with Crippen LogP contribution in [0.5, 0.6) is 5.75 Å². The Labute approximate surface area is 237 Å². The first kappa shape index (κ1) is 26.5. The number of aliphatic hydroxyl groups excluding tert-OH is 1. The summed E-state index contributed by atoms with van der Waals surface area (Å²) in [6.45, 7) is 0.542. The molecule has 0 unspecified atom stereocenters. The van der Waals surface area contributed by atoms with Gasteiger partial charge in [0.1, 0.15) is 45.3 Å². The van der Waals surface area contributed by atoms with E-state index in [1.54, 1.807) is 24.3 Å². The molecule has 1 aliphatic heterocycles. The maximum absolute atomic E-state index is 10.1. The molecule has 1 N–H and O–H groups in total. The number of rotatable bonds is 7. The van der Waals surface area contributed by atoms with E-state index in [4.69, 9.17) is 37.7 Å². The summed E-state index contributed by atoms with van der Waals surface area (Å²) in [6.07, 6.45) is -1.14. The molecule has 5 rings (SSSR count). The molecule has 1 saturated heterocycles. The summed E-state index contributed by atoms with van der Waals surface area (Å²) in [4.78, 5) is 9.06. The number of thiazole rings is 1. The zero-order chi connectivity index (χ0) is 26.6. The normalized spacial score (nSPS) is 16.7. The average Bonchev–Trinajstić information content (AvgIpc) is 3.57. The van der Waals surface area contributed by atoms with Crippen LogP contribution in [0.2, 0.25) is 10.2 Å². The zero-order valence-electron chi connectivity index (χ0n) is 19.6. The van der Waals surface area contributed by atoms with Crippen molar-refractivity contribution < 1.29 is 14.6 Å². The van der Waals surface area contributed by atoms with E-state index in [2.05, 4.69) is 17.1 Å². The third-order valence-corrected chi connectivity index (χ3v) is 8.25. The zero-order valence-corrected chi connectivity index (χ0v) is 22.7. The van der Waals surface area contributed by atoms with Gasteiger partial charge in [-0.25, -0.2) is 9.97 Å². The lowest BCUT2D eigenvalue weighted by atomic mass is 9.97. The number of thioether (sulfide) groups is 1. The van der Waals surface area contributed by atoms with Gasteiger partial charge in [0.2, 0.25) is 0 Å². The number of aliphatic hydroxyl groups is 1. The number of pyridine rings is 1. The lowest BCUT2D eigenvalue weighted by Crippen LogP contribution is -2.29. The van der Waals surface area contributed by atoms with Gasteiger partial charge in [-0.2, -0.15) is 10.5 Å². The Morgan fingerprint density at radius 2 is 1.71 bits per heavy atom. The molecule has 0 bridgehead atoms. The van der Waals surface area contributed by atoms with E-state index < -0.39 is 12.2 Å². The molecular formula is C27H18Cl2N4O3S2. The first-order valence-corrected chi connectivity index (χ1v) is 14.0. The lowest BCUT2D eigenvalue weighted by molar-refractivity contribution is 0.0733. The predicted molar refractivity (Wildman–Crippen MR) is 147 cm³/mol. The van der Waals surface area contributed by atoms with Crippen LogP contribution in [0.3, 0.4) is 0 Å². The van der Waals surface area contributed by atoms with Crippen LogP contribution in [0.1, 0.15) is 16.8 Å². The minimum absolute atomic E-state index is 0.0238. The van der Waals surface area contributed by atoms with Crippen molar-refractivity contribution in [3.8, 4) is 39.6 Å². The first-order valence-electron chi connectivity index (χ1n) is 11.4. The molecule has 2 aromatic heterocycles. The average molecular weight is 582 g/mol. The summed E-state index contributed by atoms with van der Waals surface area (Å²) in [5, 5.41) is 33.7. The van der Waals surface area contributed by atoms with Crippen LogP contribution in [-0.4, -0.2) is 40.5 Å².